The second kappa shape index (κ2) is 8.46. The minimum absolute atomic E-state index is 0.351. The second-order valence-corrected chi connectivity index (χ2v) is 10.4. The van der Waals surface area contributed by atoms with Crippen LogP contribution in [0.25, 0.3) is 0 Å². The third kappa shape index (κ3) is 5.25. The molecule has 3 unspecified atom stereocenters. The van der Waals surface area contributed by atoms with Crippen LogP contribution in [0.3, 0.4) is 0 Å². The van der Waals surface area contributed by atoms with Crippen LogP contribution >= 0.6 is 0 Å². The number of hydrogen-bond donors (Lipinski definition) is 0. The quantitative estimate of drug-likeness (QED) is 0.298. The van der Waals surface area contributed by atoms with E-state index in [0.717, 1.165) is 17.8 Å². The van der Waals surface area contributed by atoms with E-state index in [9.17, 15) is 0 Å². The van der Waals surface area contributed by atoms with E-state index < -0.39 is 0 Å². The summed E-state index contributed by atoms with van der Waals surface area (Å²) in [6, 6.07) is 0. The lowest BCUT2D eigenvalue weighted by Crippen LogP contribution is -2.41. The van der Waals surface area contributed by atoms with Crippen LogP contribution in [-0.4, -0.2) is 12.9 Å². The van der Waals surface area contributed by atoms with E-state index in [1.54, 1.807) is 0 Å². The van der Waals surface area contributed by atoms with E-state index in [-0.39, 0.29) is 0 Å². The Labute approximate surface area is 156 Å². The van der Waals surface area contributed by atoms with Gasteiger partial charge in [0.2, 0.25) is 0 Å². The van der Waals surface area contributed by atoms with E-state index >= 15 is 0 Å². The Morgan fingerprint density at radius 1 is 0.880 bits per heavy atom. The molecule has 2 saturated carbocycles. The average molecular weight is 351 g/mol. The topological polar surface area (TPSA) is 18.5 Å². The first-order valence-corrected chi connectivity index (χ1v) is 10.5. The number of ether oxygens (including phenoxy) is 2. The Morgan fingerprint density at radius 3 is 1.96 bits per heavy atom. The van der Waals surface area contributed by atoms with Gasteiger partial charge < -0.3 is 9.47 Å². The van der Waals surface area contributed by atoms with Gasteiger partial charge in [0.1, 0.15) is 0 Å². The van der Waals surface area contributed by atoms with Crippen LogP contribution in [0.1, 0.15) is 86.5 Å². The van der Waals surface area contributed by atoms with Crippen molar-refractivity contribution in [3.05, 3.63) is 12.8 Å². The molecule has 2 heteroatoms. The molecule has 25 heavy (non-hydrogen) atoms. The van der Waals surface area contributed by atoms with Gasteiger partial charge in [-0.2, -0.15) is 0 Å². The van der Waals surface area contributed by atoms with Crippen molar-refractivity contribution in [2.45, 2.75) is 92.6 Å². The summed E-state index contributed by atoms with van der Waals surface area (Å²) in [4.78, 5) is 0. The normalized spacial score (nSPS) is 34.6. The van der Waals surface area contributed by atoms with Crippen molar-refractivity contribution in [3.63, 3.8) is 0 Å². The van der Waals surface area contributed by atoms with Crippen LogP contribution in [0.5, 0.6) is 0 Å². The number of hydrogen-bond acceptors (Lipinski definition) is 2. The van der Waals surface area contributed by atoms with Gasteiger partial charge >= 0.3 is 0 Å². The molecule has 2 aliphatic rings. The standard InChI is InChI=1S/C23H42O2/c1-8-24-16-25-21-14-13-20(15-17(21)2)23(6,7)19-11-9-18(10-12-19)22(3,4)5/h8,17-21H,1,9-16H2,2-7H3. The lowest BCUT2D eigenvalue weighted by atomic mass is 9.57. The van der Waals surface area contributed by atoms with Crippen molar-refractivity contribution in [3.8, 4) is 0 Å². The third-order valence-electron chi connectivity index (χ3n) is 7.61. The Balaban J connectivity index is 1.87. The van der Waals surface area contributed by atoms with Crippen LogP contribution < -0.4 is 0 Å². The summed E-state index contributed by atoms with van der Waals surface area (Å²) in [5, 5.41) is 0. The molecule has 0 heterocycles. The smallest absolute Gasteiger partial charge is 0.188 e. The van der Waals surface area contributed by atoms with Crippen LogP contribution in [0, 0.1) is 34.5 Å². The first-order valence-electron chi connectivity index (χ1n) is 10.5. The van der Waals surface area contributed by atoms with E-state index in [4.69, 9.17) is 9.47 Å². The molecule has 146 valence electrons. The molecule has 0 radical (unpaired) electrons. The van der Waals surface area contributed by atoms with Crippen molar-refractivity contribution < 1.29 is 9.47 Å². The van der Waals surface area contributed by atoms with Crippen molar-refractivity contribution >= 4 is 0 Å². The van der Waals surface area contributed by atoms with Crippen molar-refractivity contribution in [1.29, 1.82) is 0 Å². The molecular formula is C23H42O2. The van der Waals surface area contributed by atoms with E-state index in [0.29, 0.717) is 29.6 Å². The van der Waals surface area contributed by atoms with Gasteiger partial charge in [0.05, 0.1) is 12.4 Å². The highest BCUT2D eigenvalue weighted by molar-refractivity contribution is 4.93. The molecule has 0 saturated heterocycles. The lowest BCUT2D eigenvalue weighted by molar-refractivity contribution is -0.104. The molecule has 2 nitrogen and oxygen atoms in total. The van der Waals surface area contributed by atoms with Crippen LogP contribution in [0.4, 0.5) is 0 Å². The predicted molar refractivity (Wildman–Crippen MR) is 106 cm³/mol. The molecule has 0 aromatic heterocycles. The molecule has 0 N–H and O–H groups in total. The van der Waals surface area contributed by atoms with Crippen LogP contribution in [-0.2, 0) is 9.47 Å². The average Bonchev–Trinajstić information content (AvgIpc) is 2.55. The molecule has 2 fully saturated rings. The summed E-state index contributed by atoms with van der Waals surface area (Å²) in [5.41, 5.74) is 0.937. The van der Waals surface area contributed by atoms with Crippen molar-refractivity contribution in [2.24, 2.45) is 34.5 Å². The summed E-state index contributed by atoms with van der Waals surface area (Å²) < 4.78 is 11.1. The SMILES string of the molecule is C=COCOC1CCC(C(C)(C)C2CCC(C(C)(C)C)CC2)CC1C. The van der Waals surface area contributed by atoms with Crippen LogP contribution in [0.2, 0.25) is 0 Å². The van der Waals surface area contributed by atoms with Gasteiger partial charge in [0, 0.05) is 0 Å². The van der Waals surface area contributed by atoms with Gasteiger partial charge in [0.25, 0.3) is 0 Å². The molecule has 2 aliphatic carbocycles. The van der Waals surface area contributed by atoms with E-state index in [1.165, 1.54) is 51.2 Å². The van der Waals surface area contributed by atoms with Gasteiger partial charge in [0.15, 0.2) is 6.79 Å². The monoisotopic (exact) mass is 350 g/mol. The summed E-state index contributed by atoms with van der Waals surface area (Å²) >= 11 is 0. The minimum atomic E-state index is 0.351. The van der Waals surface area contributed by atoms with Gasteiger partial charge in [-0.15, -0.1) is 0 Å². The summed E-state index contributed by atoms with van der Waals surface area (Å²) in [6.45, 7) is 18.6. The predicted octanol–water partition coefficient (Wildman–Crippen LogP) is 6.80. The summed E-state index contributed by atoms with van der Waals surface area (Å²) in [6.07, 6.45) is 11.3. The van der Waals surface area contributed by atoms with Crippen molar-refractivity contribution in [1.82, 2.24) is 0 Å². The van der Waals surface area contributed by atoms with Gasteiger partial charge in [-0.05, 0) is 79.4 Å². The highest BCUT2D eigenvalue weighted by atomic mass is 16.7. The second-order valence-electron chi connectivity index (χ2n) is 10.4. The largest absolute Gasteiger partial charge is 0.476 e. The van der Waals surface area contributed by atoms with Crippen molar-refractivity contribution in [2.75, 3.05) is 6.79 Å². The van der Waals surface area contributed by atoms with Gasteiger partial charge in [-0.1, -0.05) is 48.1 Å². The maximum absolute atomic E-state index is 5.90. The Kier molecular flexibility index (Phi) is 7.04. The first kappa shape index (κ1) is 20.8. The molecular weight excluding hydrogens is 308 g/mol. The first-order chi connectivity index (χ1) is 11.7. The fourth-order valence-electron chi connectivity index (χ4n) is 5.50. The fraction of sp³-hybridized carbons (Fsp3) is 0.913. The fourth-order valence-corrected chi connectivity index (χ4v) is 5.50. The molecule has 2 rings (SSSR count). The van der Waals surface area contributed by atoms with Gasteiger partial charge in [-0.25, -0.2) is 0 Å². The zero-order valence-corrected chi connectivity index (χ0v) is 17.6. The maximum Gasteiger partial charge on any atom is 0.188 e. The zero-order valence-electron chi connectivity index (χ0n) is 17.6. The van der Waals surface area contributed by atoms with E-state index in [2.05, 4.69) is 48.1 Å². The summed E-state index contributed by atoms with van der Waals surface area (Å²) in [7, 11) is 0. The minimum Gasteiger partial charge on any atom is -0.476 e. The molecule has 0 amide bonds. The molecule has 0 bridgehead atoms. The molecule has 0 aromatic rings. The number of rotatable bonds is 6. The van der Waals surface area contributed by atoms with Gasteiger partial charge in [-0.3, -0.25) is 0 Å². The Hall–Kier alpha value is -0.500. The molecule has 0 aliphatic heterocycles. The third-order valence-corrected chi connectivity index (χ3v) is 7.61. The Morgan fingerprint density at radius 2 is 1.44 bits per heavy atom. The lowest BCUT2D eigenvalue weighted by Gasteiger charge is -2.49. The Bertz CT molecular complexity index is 412. The summed E-state index contributed by atoms with van der Waals surface area (Å²) in [5.74, 6) is 3.26. The molecule has 3 atom stereocenters. The molecule has 0 aromatic carbocycles. The van der Waals surface area contributed by atoms with Crippen LogP contribution in [0.15, 0.2) is 12.8 Å². The maximum atomic E-state index is 5.90. The highest BCUT2D eigenvalue weighted by Gasteiger charge is 2.43. The molecule has 0 spiro atoms. The van der Waals surface area contributed by atoms with E-state index in [1.807, 2.05) is 0 Å². The highest BCUT2D eigenvalue weighted by Crippen LogP contribution is 2.52. The zero-order chi connectivity index (χ0) is 18.7.